The summed E-state index contributed by atoms with van der Waals surface area (Å²) in [4.78, 5) is 12.0. The lowest BCUT2D eigenvalue weighted by Crippen LogP contribution is -2.67. The molecule has 5 rings (SSSR count). The van der Waals surface area contributed by atoms with Gasteiger partial charge < -0.3 is 18.6 Å². The Hall–Kier alpha value is -2.85. The molecule has 0 N–H and O–H groups in total. The Balaban J connectivity index is 1.48. The van der Waals surface area contributed by atoms with Crippen LogP contribution in [-0.2, 0) is 18.6 Å². The molecule has 2 heterocycles. The van der Waals surface area contributed by atoms with Crippen molar-refractivity contribution in [1.29, 1.82) is 0 Å². The fourth-order valence-electron chi connectivity index (χ4n) is 6.11. The van der Waals surface area contributed by atoms with Crippen molar-refractivity contribution in [1.82, 2.24) is 15.0 Å². The zero-order valence-electron chi connectivity index (χ0n) is 23.0. The molecule has 2 aromatic carbocycles. The fourth-order valence-corrected chi connectivity index (χ4v) is 10.7. The van der Waals surface area contributed by atoms with Crippen LogP contribution in [0.25, 0.3) is 0 Å². The van der Waals surface area contributed by atoms with Crippen molar-refractivity contribution in [2.75, 3.05) is 13.7 Å². The number of ether oxygens (including phenoxy) is 3. The Kier molecular flexibility index (Phi) is 7.06. The van der Waals surface area contributed by atoms with Gasteiger partial charge in [-0.2, -0.15) is 0 Å². The Morgan fingerprint density at radius 1 is 1.03 bits per heavy atom. The SMILES string of the molecule is COC(=O)c1cn([C@@H]2C[C@H](CO[Si](c3ccccc3)(c3ccccc3)C(C)(C)C)[C@H]3OC(C)(C)O[C@H]32)nn1. The van der Waals surface area contributed by atoms with Crippen LogP contribution in [0.3, 0.4) is 0 Å². The van der Waals surface area contributed by atoms with Gasteiger partial charge in [-0.05, 0) is 35.7 Å². The number of nitrogens with zero attached hydrogens (tertiary/aromatic N) is 3. The van der Waals surface area contributed by atoms with Crippen molar-refractivity contribution in [3.63, 3.8) is 0 Å². The van der Waals surface area contributed by atoms with Crippen LogP contribution in [-0.4, -0.2) is 61.0 Å². The number of carbonyl (C=O) groups is 1. The number of aromatic nitrogens is 3. The minimum absolute atomic E-state index is 0.0687. The molecule has 0 spiro atoms. The zero-order chi connectivity index (χ0) is 27.1. The van der Waals surface area contributed by atoms with Gasteiger partial charge in [0.1, 0.15) is 6.10 Å². The van der Waals surface area contributed by atoms with Crippen LogP contribution in [0.2, 0.25) is 5.04 Å². The van der Waals surface area contributed by atoms with Gasteiger partial charge in [-0.15, -0.1) is 5.10 Å². The van der Waals surface area contributed by atoms with Crippen LogP contribution in [0.5, 0.6) is 0 Å². The standard InChI is InChI=1S/C29H37N3O5Si/c1-28(2,3)38(21-13-9-7-10-14-21,22-15-11-8-12-16-22)35-19-20-17-24(26-25(20)36-29(4,5)37-26)32-18-23(30-31-32)27(33)34-6/h7-16,18,20,24-26H,17,19H2,1-6H3/t20-,24-,25-,26+/m1/s1. The van der Waals surface area contributed by atoms with Crippen molar-refractivity contribution < 1.29 is 23.4 Å². The van der Waals surface area contributed by atoms with Gasteiger partial charge in [0.15, 0.2) is 11.5 Å². The molecule has 0 amide bonds. The van der Waals surface area contributed by atoms with Crippen LogP contribution in [0.15, 0.2) is 66.9 Å². The molecule has 202 valence electrons. The summed E-state index contributed by atoms with van der Waals surface area (Å²) in [5, 5.41) is 10.6. The van der Waals surface area contributed by atoms with Crippen LogP contribution in [0, 0.1) is 5.92 Å². The minimum Gasteiger partial charge on any atom is -0.464 e. The third kappa shape index (κ3) is 4.72. The number of hydrogen-bond acceptors (Lipinski definition) is 7. The van der Waals surface area contributed by atoms with Crippen LogP contribution >= 0.6 is 0 Å². The third-order valence-corrected chi connectivity index (χ3v) is 12.7. The normalized spacial score (nSPS) is 24.8. The highest BCUT2D eigenvalue weighted by Crippen LogP contribution is 2.47. The molecule has 1 aliphatic carbocycles. The molecular weight excluding hydrogens is 498 g/mol. The van der Waals surface area contributed by atoms with Crippen molar-refractivity contribution in [3.8, 4) is 0 Å². The molecule has 0 unspecified atom stereocenters. The maximum atomic E-state index is 12.0. The highest BCUT2D eigenvalue weighted by Gasteiger charge is 2.57. The number of rotatable bonds is 7. The summed E-state index contributed by atoms with van der Waals surface area (Å²) >= 11 is 0. The smallest absolute Gasteiger partial charge is 0.360 e. The molecule has 0 bridgehead atoms. The first kappa shape index (κ1) is 26.7. The molecular formula is C29H37N3O5Si. The number of carbonyl (C=O) groups excluding carboxylic acids is 1. The molecule has 1 aliphatic heterocycles. The second-order valence-electron chi connectivity index (χ2n) is 11.7. The number of benzene rings is 2. The predicted molar refractivity (Wildman–Crippen MR) is 146 cm³/mol. The van der Waals surface area contributed by atoms with Crippen molar-refractivity contribution in [2.45, 2.75) is 70.1 Å². The minimum atomic E-state index is -2.71. The van der Waals surface area contributed by atoms with E-state index in [2.05, 4.69) is 91.7 Å². The van der Waals surface area contributed by atoms with Gasteiger partial charge in [0, 0.05) is 12.5 Å². The van der Waals surface area contributed by atoms with E-state index in [4.69, 9.17) is 18.6 Å². The predicted octanol–water partition coefficient (Wildman–Crippen LogP) is 3.72. The first-order valence-electron chi connectivity index (χ1n) is 13.2. The summed E-state index contributed by atoms with van der Waals surface area (Å²) in [5.41, 5.74) is 0.175. The van der Waals surface area contributed by atoms with E-state index in [0.29, 0.717) is 6.61 Å². The van der Waals surface area contributed by atoms with E-state index in [1.165, 1.54) is 17.5 Å². The second-order valence-corrected chi connectivity index (χ2v) is 16.0. The van der Waals surface area contributed by atoms with E-state index < -0.39 is 20.1 Å². The van der Waals surface area contributed by atoms with Gasteiger partial charge in [-0.3, -0.25) is 0 Å². The Morgan fingerprint density at radius 3 is 2.16 bits per heavy atom. The largest absolute Gasteiger partial charge is 0.464 e. The second kappa shape index (κ2) is 10.0. The number of hydrogen-bond donors (Lipinski definition) is 0. The van der Waals surface area contributed by atoms with Gasteiger partial charge in [-0.25, -0.2) is 9.48 Å². The maximum Gasteiger partial charge on any atom is 0.360 e. The molecule has 2 fully saturated rings. The Labute approximate surface area is 225 Å². The zero-order valence-corrected chi connectivity index (χ0v) is 24.0. The van der Waals surface area contributed by atoms with E-state index in [0.717, 1.165) is 6.42 Å². The van der Waals surface area contributed by atoms with Gasteiger partial charge in [-0.1, -0.05) is 86.6 Å². The van der Waals surface area contributed by atoms with E-state index in [-0.39, 0.29) is 34.9 Å². The van der Waals surface area contributed by atoms with Gasteiger partial charge in [0.05, 0.1) is 25.5 Å². The van der Waals surface area contributed by atoms with Crippen LogP contribution in [0.4, 0.5) is 0 Å². The van der Waals surface area contributed by atoms with Crippen molar-refractivity contribution in [3.05, 3.63) is 72.6 Å². The molecule has 1 aromatic heterocycles. The summed E-state index contributed by atoms with van der Waals surface area (Å²) < 4.78 is 26.6. The topological polar surface area (TPSA) is 84.7 Å². The molecule has 8 nitrogen and oxygen atoms in total. The first-order chi connectivity index (χ1) is 18.1. The van der Waals surface area contributed by atoms with E-state index in [9.17, 15) is 4.79 Å². The van der Waals surface area contributed by atoms with Crippen molar-refractivity contribution in [2.24, 2.45) is 5.92 Å². The summed E-state index contributed by atoms with van der Waals surface area (Å²) in [6.45, 7) is 11.2. The number of methoxy groups -OCH3 is 1. The highest BCUT2D eigenvalue weighted by molar-refractivity contribution is 6.99. The lowest BCUT2D eigenvalue weighted by atomic mass is 10.1. The summed E-state index contributed by atoms with van der Waals surface area (Å²) in [6.07, 6.45) is 1.96. The molecule has 1 saturated heterocycles. The van der Waals surface area contributed by atoms with Crippen molar-refractivity contribution >= 4 is 24.7 Å². The number of esters is 1. The van der Waals surface area contributed by atoms with Gasteiger partial charge in [0.25, 0.3) is 8.32 Å². The van der Waals surface area contributed by atoms with Gasteiger partial charge in [0.2, 0.25) is 0 Å². The molecule has 1 saturated carbocycles. The average molecular weight is 536 g/mol. The summed E-state index contributed by atoms with van der Waals surface area (Å²) in [6, 6.07) is 21.1. The summed E-state index contributed by atoms with van der Waals surface area (Å²) in [5.74, 6) is -1.17. The third-order valence-electron chi connectivity index (χ3n) is 7.73. The number of fused-ring (bicyclic) bond motifs is 1. The lowest BCUT2D eigenvalue weighted by Gasteiger charge is -2.43. The molecule has 0 radical (unpaired) electrons. The molecule has 9 heteroatoms. The van der Waals surface area contributed by atoms with E-state index in [1.54, 1.807) is 10.9 Å². The Morgan fingerprint density at radius 2 is 1.61 bits per heavy atom. The quantitative estimate of drug-likeness (QED) is 0.337. The van der Waals surface area contributed by atoms with Gasteiger partial charge >= 0.3 is 5.97 Å². The summed E-state index contributed by atoms with van der Waals surface area (Å²) in [7, 11) is -1.37. The Bertz CT molecular complexity index is 1220. The van der Waals surface area contributed by atoms with E-state index in [1.807, 2.05) is 13.8 Å². The highest BCUT2D eigenvalue weighted by atomic mass is 28.4. The fraction of sp³-hybridized carbons (Fsp3) is 0.483. The first-order valence-corrected chi connectivity index (χ1v) is 15.1. The molecule has 2 aliphatic rings. The molecule has 38 heavy (non-hydrogen) atoms. The molecule has 3 aromatic rings. The van der Waals surface area contributed by atoms with Crippen LogP contribution in [0.1, 0.15) is 57.6 Å². The lowest BCUT2D eigenvalue weighted by molar-refractivity contribution is -0.161. The molecule has 4 atom stereocenters. The van der Waals surface area contributed by atoms with Crippen LogP contribution < -0.4 is 10.4 Å². The average Bonchev–Trinajstić information content (AvgIpc) is 3.58. The maximum absolute atomic E-state index is 12.0. The monoisotopic (exact) mass is 535 g/mol. The van der Waals surface area contributed by atoms with E-state index >= 15 is 0 Å².